The predicted octanol–water partition coefficient (Wildman–Crippen LogP) is 2.78. The number of methoxy groups -OCH3 is 1. The SMILES string of the molecule is COc1ccc2nc(N)nn2c1C1=COC=C(C2=CC=CCC2)O1. The molecule has 7 nitrogen and oxygen atoms in total. The van der Waals surface area contributed by atoms with Crippen LogP contribution < -0.4 is 10.5 Å². The molecular weight excluding hydrogens is 308 g/mol. The second-order valence-corrected chi connectivity index (χ2v) is 5.35. The molecule has 4 rings (SSSR count). The Morgan fingerprint density at radius 2 is 2.12 bits per heavy atom. The van der Waals surface area contributed by atoms with Crippen LogP contribution in [0.2, 0.25) is 0 Å². The van der Waals surface area contributed by atoms with E-state index in [0.717, 1.165) is 18.4 Å². The Balaban J connectivity index is 1.76. The van der Waals surface area contributed by atoms with Crippen LogP contribution in [0.4, 0.5) is 5.95 Å². The number of hydrogen-bond donors (Lipinski definition) is 1. The van der Waals surface area contributed by atoms with E-state index in [1.165, 1.54) is 6.26 Å². The second-order valence-electron chi connectivity index (χ2n) is 5.35. The Labute approximate surface area is 138 Å². The minimum absolute atomic E-state index is 0.178. The van der Waals surface area contributed by atoms with E-state index < -0.39 is 0 Å². The summed E-state index contributed by atoms with van der Waals surface area (Å²) in [6.45, 7) is 0. The molecule has 0 saturated heterocycles. The van der Waals surface area contributed by atoms with Crippen molar-refractivity contribution < 1.29 is 14.2 Å². The molecule has 1 aliphatic carbocycles. The van der Waals surface area contributed by atoms with Crippen molar-refractivity contribution in [1.82, 2.24) is 14.6 Å². The third-order valence-corrected chi connectivity index (χ3v) is 3.83. The van der Waals surface area contributed by atoms with Gasteiger partial charge in [-0.2, -0.15) is 4.98 Å². The van der Waals surface area contributed by atoms with Gasteiger partial charge in [-0.1, -0.05) is 18.2 Å². The molecule has 0 saturated carbocycles. The second kappa shape index (κ2) is 5.77. The fourth-order valence-electron chi connectivity index (χ4n) is 2.71. The summed E-state index contributed by atoms with van der Waals surface area (Å²) >= 11 is 0. The number of allylic oxidation sites excluding steroid dienone is 4. The van der Waals surface area contributed by atoms with Gasteiger partial charge in [-0.15, -0.1) is 5.10 Å². The molecule has 0 aromatic carbocycles. The average molecular weight is 324 g/mol. The van der Waals surface area contributed by atoms with Crippen molar-refractivity contribution in [3.63, 3.8) is 0 Å². The fraction of sp³-hybridized carbons (Fsp3) is 0.176. The minimum atomic E-state index is 0.178. The predicted molar refractivity (Wildman–Crippen MR) is 88.6 cm³/mol. The molecule has 0 bridgehead atoms. The number of nitrogen functional groups attached to an aromatic ring is 1. The van der Waals surface area contributed by atoms with Gasteiger partial charge in [-0.25, -0.2) is 4.52 Å². The molecule has 2 aliphatic rings. The Hall–Kier alpha value is -3.22. The Morgan fingerprint density at radius 3 is 2.92 bits per heavy atom. The number of anilines is 1. The van der Waals surface area contributed by atoms with Gasteiger partial charge < -0.3 is 19.9 Å². The molecule has 3 heterocycles. The van der Waals surface area contributed by atoms with Gasteiger partial charge in [0.05, 0.1) is 7.11 Å². The maximum Gasteiger partial charge on any atom is 0.240 e. The maximum absolute atomic E-state index is 6.06. The van der Waals surface area contributed by atoms with Crippen molar-refractivity contribution in [3.8, 4) is 5.75 Å². The molecule has 2 aromatic rings. The molecule has 0 atom stereocenters. The number of fused-ring (bicyclic) bond motifs is 1. The van der Waals surface area contributed by atoms with Crippen LogP contribution in [-0.2, 0) is 9.47 Å². The molecule has 1 aliphatic heterocycles. The molecule has 0 amide bonds. The Kier molecular flexibility index (Phi) is 3.45. The highest BCUT2D eigenvalue weighted by Gasteiger charge is 2.23. The summed E-state index contributed by atoms with van der Waals surface area (Å²) < 4.78 is 18.6. The first-order valence-corrected chi connectivity index (χ1v) is 7.55. The summed E-state index contributed by atoms with van der Waals surface area (Å²) in [4.78, 5) is 4.17. The van der Waals surface area contributed by atoms with Gasteiger partial charge in [-0.05, 0) is 30.5 Å². The molecule has 7 heteroatoms. The molecule has 0 unspecified atom stereocenters. The molecule has 0 fully saturated rings. The third kappa shape index (κ3) is 2.40. The molecule has 2 N–H and O–H groups in total. The average Bonchev–Trinajstić information content (AvgIpc) is 3.01. The van der Waals surface area contributed by atoms with Gasteiger partial charge in [0.1, 0.15) is 18.3 Å². The molecule has 0 radical (unpaired) electrons. The van der Waals surface area contributed by atoms with Crippen LogP contribution >= 0.6 is 0 Å². The van der Waals surface area contributed by atoms with E-state index in [0.29, 0.717) is 28.6 Å². The van der Waals surface area contributed by atoms with E-state index in [-0.39, 0.29) is 5.95 Å². The standard InChI is InChI=1S/C17H16N4O3/c1-22-12-7-8-15-19-17(18)20-21(15)16(12)14-10-23-9-13(24-14)11-5-3-2-4-6-11/h2-3,5,7-10H,4,6H2,1H3,(H2,18,20). The monoisotopic (exact) mass is 324 g/mol. The number of pyridine rings is 1. The summed E-state index contributed by atoms with van der Waals surface area (Å²) in [5.74, 6) is 1.91. The van der Waals surface area contributed by atoms with Crippen molar-refractivity contribution >= 4 is 17.4 Å². The van der Waals surface area contributed by atoms with Crippen LogP contribution in [-0.4, -0.2) is 21.7 Å². The van der Waals surface area contributed by atoms with Crippen LogP contribution in [0, 0.1) is 0 Å². The number of rotatable bonds is 3. The number of nitrogens with zero attached hydrogens (tertiary/aromatic N) is 3. The van der Waals surface area contributed by atoms with Crippen LogP contribution in [0.1, 0.15) is 18.5 Å². The van der Waals surface area contributed by atoms with Crippen LogP contribution in [0.3, 0.4) is 0 Å². The zero-order valence-corrected chi connectivity index (χ0v) is 13.1. The lowest BCUT2D eigenvalue weighted by Gasteiger charge is -2.20. The van der Waals surface area contributed by atoms with Gasteiger partial charge in [-0.3, -0.25) is 0 Å². The summed E-state index contributed by atoms with van der Waals surface area (Å²) in [6.07, 6.45) is 11.1. The van der Waals surface area contributed by atoms with E-state index in [1.54, 1.807) is 30.0 Å². The third-order valence-electron chi connectivity index (χ3n) is 3.83. The highest BCUT2D eigenvalue weighted by Crippen LogP contribution is 2.34. The molecule has 0 spiro atoms. The van der Waals surface area contributed by atoms with Crippen molar-refractivity contribution in [1.29, 1.82) is 0 Å². The summed E-state index contributed by atoms with van der Waals surface area (Å²) in [5, 5.41) is 4.22. The number of nitrogens with two attached hydrogens (primary N) is 1. The quantitative estimate of drug-likeness (QED) is 0.934. The fourth-order valence-corrected chi connectivity index (χ4v) is 2.71. The molecule has 122 valence electrons. The zero-order valence-electron chi connectivity index (χ0n) is 13.1. The van der Waals surface area contributed by atoms with E-state index in [4.69, 9.17) is 19.9 Å². The lowest BCUT2D eigenvalue weighted by Crippen LogP contribution is -2.08. The van der Waals surface area contributed by atoms with Crippen molar-refractivity contribution in [2.75, 3.05) is 12.8 Å². The van der Waals surface area contributed by atoms with Gasteiger partial charge in [0, 0.05) is 0 Å². The number of ether oxygens (including phenoxy) is 3. The van der Waals surface area contributed by atoms with E-state index in [1.807, 2.05) is 12.2 Å². The van der Waals surface area contributed by atoms with Crippen LogP contribution in [0.25, 0.3) is 11.4 Å². The van der Waals surface area contributed by atoms with Crippen molar-refractivity contribution in [2.24, 2.45) is 0 Å². The number of hydrogen-bond acceptors (Lipinski definition) is 6. The Bertz CT molecular complexity index is 921. The highest BCUT2D eigenvalue weighted by atomic mass is 16.5. The molecule has 2 aromatic heterocycles. The maximum atomic E-state index is 6.06. The minimum Gasteiger partial charge on any atom is -0.494 e. The number of aromatic nitrogens is 3. The zero-order chi connectivity index (χ0) is 16.5. The van der Waals surface area contributed by atoms with Crippen molar-refractivity contribution in [3.05, 3.63) is 59.9 Å². The summed E-state index contributed by atoms with van der Waals surface area (Å²) in [6, 6.07) is 3.57. The smallest absolute Gasteiger partial charge is 0.240 e. The van der Waals surface area contributed by atoms with E-state index in [2.05, 4.69) is 16.2 Å². The topological polar surface area (TPSA) is 83.9 Å². The summed E-state index contributed by atoms with van der Waals surface area (Å²) in [7, 11) is 1.58. The van der Waals surface area contributed by atoms with Crippen LogP contribution in [0.15, 0.2) is 54.2 Å². The first-order chi connectivity index (χ1) is 11.8. The molecular formula is C17H16N4O3. The van der Waals surface area contributed by atoms with Gasteiger partial charge in [0.15, 0.2) is 22.9 Å². The molecule has 24 heavy (non-hydrogen) atoms. The van der Waals surface area contributed by atoms with Gasteiger partial charge >= 0.3 is 0 Å². The summed E-state index contributed by atoms with van der Waals surface area (Å²) in [5.41, 5.74) is 7.99. The van der Waals surface area contributed by atoms with Crippen LogP contribution in [0.5, 0.6) is 5.75 Å². The highest BCUT2D eigenvalue weighted by molar-refractivity contribution is 5.67. The van der Waals surface area contributed by atoms with Gasteiger partial charge in [0.2, 0.25) is 5.95 Å². The normalized spacial score (nSPS) is 16.8. The van der Waals surface area contributed by atoms with E-state index >= 15 is 0 Å². The first-order valence-electron chi connectivity index (χ1n) is 7.55. The largest absolute Gasteiger partial charge is 0.494 e. The van der Waals surface area contributed by atoms with Gasteiger partial charge in [0.25, 0.3) is 0 Å². The first kappa shape index (κ1) is 14.4. The van der Waals surface area contributed by atoms with Crippen molar-refractivity contribution in [2.45, 2.75) is 12.8 Å². The Morgan fingerprint density at radius 1 is 1.25 bits per heavy atom. The lowest BCUT2D eigenvalue weighted by molar-refractivity contribution is 0.281. The van der Waals surface area contributed by atoms with E-state index in [9.17, 15) is 0 Å². The lowest BCUT2D eigenvalue weighted by atomic mass is 10.0.